The Labute approximate surface area is 101 Å². The van der Waals surface area contributed by atoms with Gasteiger partial charge in [0.25, 0.3) is 18.0 Å². The summed E-state index contributed by atoms with van der Waals surface area (Å²) in [4.78, 5) is 21.5. The van der Waals surface area contributed by atoms with Crippen LogP contribution in [0.15, 0.2) is 18.2 Å². The molecule has 1 aromatic carbocycles. The van der Waals surface area contributed by atoms with Crippen LogP contribution in [0.3, 0.4) is 0 Å². The largest absolute Gasteiger partial charge is 0.383 e. The smallest absolute Gasteiger partial charge is 0.292 e. The van der Waals surface area contributed by atoms with E-state index in [-0.39, 0.29) is 16.9 Å². The number of alkyl halides is 2. The van der Waals surface area contributed by atoms with Crippen molar-refractivity contribution in [1.29, 1.82) is 0 Å². The van der Waals surface area contributed by atoms with Crippen LogP contribution >= 0.6 is 0 Å². The molecule has 6 nitrogen and oxygen atoms in total. The number of nitro groups is 1. The van der Waals surface area contributed by atoms with Crippen molar-refractivity contribution in [3.8, 4) is 0 Å². The lowest BCUT2D eigenvalue weighted by Crippen LogP contribution is -2.28. The van der Waals surface area contributed by atoms with Crippen molar-refractivity contribution >= 4 is 17.3 Å². The van der Waals surface area contributed by atoms with E-state index >= 15 is 0 Å². The van der Waals surface area contributed by atoms with E-state index in [4.69, 9.17) is 0 Å². The van der Waals surface area contributed by atoms with Crippen molar-refractivity contribution in [2.24, 2.45) is 0 Å². The van der Waals surface area contributed by atoms with Gasteiger partial charge in [0.1, 0.15) is 5.69 Å². The molecule has 0 unspecified atom stereocenters. The number of halogens is 2. The number of amides is 1. The van der Waals surface area contributed by atoms with Crippen LogP contribution in [0.4, 0.5) is 20.2 Å². The lowest BCUT2D eigenvalue weighted by molar-refractivity contribution is -0.383. The zero-order chi connectivity index (χ0) is 13.7. The van der Waals surface area contributed by atoms with Gasteiger partial charge < -0.3 is 10.6 Å². The molecule has 1 aromatic rings. The summed E-state index contributed by atoms with van der Waals surface area (Å²) in [5, 5.41) is 15.2. The van der Waals surface area contributed by atoms with Gasteiger partial charge in [-0.25, -0.2) is 8.78 Å². The molecule has 0 aromatic heterocycles. The maximum absolute atomic E-state index is 11.9. The average Bonchev–Trinajstić information content (AvgIpc) is 2.34. The van der Waals surface area contributed by atoms with Gasteiger partial charge in [-0.15, -0.1) is 0 Å². The van der Waals surface area contributed by atoms with Crippen LogP contribution in [0.2, 0.25) is 0 Å². The molecule has 98 valence electrons. The Morgan fingerprint density at radius 1 is 1.50 bits per heavy atom. The van der Waals surface area contributed by atoms with E-state index in [2.05, 4.69) is 5.32 Å². The molecular formula is C10H11F2N3O3. The molecule has 8 heteroatoms. The number of carbonyl (C=O) groups excluding carboxylic acids is 1. The van der Waals surface area contributed by atoms with Gasteiger partial charge in [-0.1, -0.05) is 0 Å². The molecule has 0 bridgehead atoms. The van der Waals surface area contributed by atoms with Crippen LogP contribution in [0.1, 0.15) is 10.4 Å². The van der Waals surface area contributed by atoms with Gasteiger partial charge in [-0.05, 0) is 12.1 Å². The first kappa shape index (κ1) is 13.8. The first-order valence-corrected chi connectivity index (χ1v) is 4.98. The summed E-state index contributed by atoms with van der Waals surface area (Å²) in [5.74, 6) is -0.707. The third-order valence-electron chi connectivity index (χ3n) is 2.14. The van der Waals surface area contributed by atoms with E-state index in [1.807, 2.05) is 5.32 Å². The predicted molar refractivity (Wildman–Crippen MR) is 61.0 cm³/mol. The predicted octanol–water partition coefficient (Wildman–Crippen LogP) is 1.63. The summed E-state index contributed by atoms with van der Waals surface area (Å²) in [6, 6.07) is 3.59. The fourth-order valence-corrected chi connectivity index (χ4v) is 1.31. The van der Waals surface area contributed by atoms with Crippen molar-refractivity contribution < 1.29 is 18.5 Å². The van der Waals surface area contributed by atoms with E-state index in [1.165, 1.54) is 19.2 Å². The quantitative estimate of drug-likeness (QED) is 0.621. The van der Waals surface area contributed by atoms with E-state index in [1.54, 1.807) is 0 Å². The molecule has 2 N–H and O–H groups in total. The summed E-state index contributed by atoms with van der Waals surface area (Å²) in [5.41, 5.74) is 0.0261. The Morgan fingerprint density at radius 3 is 2.67 bits per heavy atom. The number of nitro benzene ring substituents is 1. The minimum Gasteiger partial charge on any atom is -0.383 e. The van der Waals surface area contributed by atoms with Crippen LogP contribution < -0.4 is 10.6 Å². The number of hydrogen-bond acceptors (Lipinski definition) is 4. The second-order valence-electron chi connectivity index (χ2n) is 3.34. The highest BCUT2D eigenvalue weighted by atomic mass is 19.3. The zero-order valence-corrected chi connectivity index (χ0v) is 9.44. The molecule has 0 saturated carbocycles. The molecular weight excluding hydrogens is 248 g/mol. The Hall–Kier alpha value is -2.25. The second-order valence-corrected chi connectivity index (χ2v) is 3.34. The van der Waals surface area contributed by atoms with Crippen LogP contribution in [0.5, 0.6) is 0 Å². The van der Waals surface area contributed by atoms with Crippen LogP contribution in [0.25, 0.3) is 0 Å². The molecule has 0 aliphatic rings. The van der Waals surface area contributed by atoms with Gasteiger partial charge in [0.05, 0.1) is 11.5 Å². The number of nitrogens with zero attached hydrogens (tertiary/aromatic N) is 1. The standard InChI is InChI=1S/C10H11F2N3O3/c1-13-7-4-6(2-3-8(7)15(17)18)10(16)14-5-9(11)12/h2-4,9,13H,5H2,1H3,(H,14,16). The SMILES string of the molecule is CNc1cc(C(=O)NCC(F)F)ccc1[N+](=O)[O-]. The van der Waals surface area contributed by atoms with Crippen LogP contribution in [-0.4, -0.2) is 30.8 Å². The number of anilines is 1. The molecule has 1 rings (SSSR count). The summed E-state index contributed by atoms with van der Waals surface area (Å²) in [6.45, 7) is -0.759. The van der Waals surface area contributed by atoms with E-state index in [9.17, 15) is 23.7 Å². The lowest BCUT2D eigenvalue weighted by atomic mass is 10.1. The first-order valence-electron chi connectivity index (χ1n) is 4.98. The summed E-state index contributed by atoms with van der Waals surface area (Å²) in [6.07, 6.45) is -2.64. The number of carbonyl (C=O) groups is 1. The lowest BCUT2D eigenvalue weighted by Gasteiger charge is -2.07. The van der Waals surface area contributed by atoms with E-state index in [0.717, 1.165) is 6.07 Å². The highest BCUT2D eigenvalue weighted by molar-refractivity contribution is 5.95. The van der Waals surface area contributed by atoms with E-state index < -0.39 is 23.8 Å². The van der Waals surface area contributed by atoms with Gasteiger partial charge in [-0.3, -0.25) is 14.9 Å². The zero-order valence-electron chi connectivity index (χ0n) is 9.44. The summed E-state index contributed by atoms with van der Waals surface area (Å²) >= 11 is 0. The van der Waals surface area contributed by atoms with Crippen molar-refractivity contribution in [1.82, 2.24) is 5.32 Å². The second kappa shape index (κ2) is 5.89. The molecule has 18 heavy (non-hydrogen) atoms. The third-order valence-corrected chi connectivity index (χ3v) is 2.14. The van der Waals surface area contributed by atoms with Gasteiger partial charge >= 0.3 is 0 Å². The molecule has 0 spiro atoms. The van der Waals surface area contributed by atoms with Crippen molar-refractivity contribution in [2.75, 3.05) is 18.9 Å². The summed E-state index contributed by atoms with van der Waals surface area (Å²) in [7, 11) is 1.46. The molecule has 1 amide bonds. The molecule has 0 heterocycles. The molecule has 0 atom stereocenters. The van der Waals surface area contributed by atoms with Crippen molar-refractivity contribution in [2.45, 2.75) is 6.43 Å². The average molecular weight is 259 g/mol. The highest BCUT2D eigenvalue weighted by Gasteiger charge is 2.16. The minimum absolute atomic E-state index is 0.0746. The van der Waals surface area contributed by atoms with Gasteiger partial charge in [0, 0.05) is 18.7 Å². The molecule has 0 aliphatic heterocycles. The normalized spacial score (nSPS) is 10.2. The van der Waals surface area contributed by atoms with Gasteiger partial charge in [-0.2, -0.15) is 0 Å². The molecule has 0 fully saturated rings. The van der Waals surface area contributed by atoms with Crippen LogP contribution in [-0.2, 0) is 0 Å². The number of rotatable bonds is 5. The van der Waals surface area contributed by atoms with Crippen LogP contribution in [0, 0.1) is 10.1 Å². The fourth-order valence-electron chi connectivity index (χ4n) is 1.31. The Kier molecular flexibility index (Phi) is 4.52. The highest BCUT2D eigenvalue weighted by Crippen LogP contribution is 2.24. The fraction of sp³-hybridized carbons (Fsp3) is 0.300. The van der Waals surface area contributed by atoms with Crippen molar-refractivity contribution in [3.63, 3.8) is 0 Å². The summed E-state index contributed by atoms with van der Waals surface area (Å²) < 4.78 is 23.8. The Bertz CT molecular complexity index is 466. The maximum atomic E-state index is 11.9. The molecule has 0 saturated heterocycles. The first-order chi connectivity index (χ1) is 8.45. The number of nitrogens with one attached hydrogen (secondary N) is 2. The number of benzene rings is 1. The minimum atomic E-state index is -2.64. The molecule has 0 radical (unpaired) electrons. The third kappa shape index (κ3) is 3.37. The van der Waals surface area contributed by atoms with E-state index in [0.29, 0.717) is 0 Å². The topological polar surface area (TPSA) is 84.3 Å². The Balaban J connectivity index is 2.91. The molecule has 0 aliphatic carbocycles. The van der Waals surface area contributed by atoms with Gasteiger partial charge in [0.15, 0.2) is 0 Å². The monoisotopic (exact) mass is 259 g/mol. The van der Waals surface area contributed by atoms with Gasteiger partial charge in [0.2, 0.25) is 0 Å². The maximum Gasteiger partial charge on any atom is 0.292 e. The Morgan fingerprint density at radius 2 is 2.17 bits per heavy atom. The van der Waals surface area contributed by atoms with Crippen molar-refractivity contribution in [3.05, 3.63) is 33.9 Å². The number of hydrogen-bond donors (Lipinski definition) is 2.